The first-order valence-corrected chi connectivity index (χ1v) is 9.82. The quantitative estimate of drug-likeness (QED) is 0.729. The molecular formula is C21H25N5O3. The molecule has 152 valence electrons. The molecule has 1 amide bonds. The number of aromatic nitrogens is 2. The second-order valence-electron chi connectivity index (χ2n) is 8.11. The van der Waals surface area contributed by atoms with E-state index in [-0.39, 0.29) is 6.04 Å². The Bertz CT molecular complexity index is 947. The predicted octanol–water partition coefficient (Wildman–Crippen LogP) is 3.64. The van der Waals surface area contributed by atoms with Gasteiger partial charge in [0.2, 0.25) is 5.88 Å². The highest BCUT2D eigenvalue weighted by atomic mass is 16.5. The summed E-state index contributed by atoms with van der Waals surface area (Å²) < 4.78 is 6.04. The highest BCUT2D eigenvalue weighted by Crippen LogP contribution is 2.39. The minimum atomic E-state index is -0.941. The van der Waals surface area contributed by atoms with Gasteiger partial charge in [0.05, 0.1) is 5.71 Å². The molecule has 0 radical (unpaired) electrons. The number of nitrogen functional groups attached to an aromatic ring is 1. The first-order valence-electron chi connectivity index (χ1n) is 9.82. The van der Waals surface area contributed by atoms with Crippen molar-refractivity contribution in [2.24, 2.45) is 4.99 Å². The van der Waals surface area contributed by atoms with Gasteiger partial charge in [-0.15, -0.1) is 0 Å². The van der Waals surface area contributed by atoms with Gasteiger partial charge in [0.25, 0.3) is 0 Å². The van der Waals surface area contributed by atoms with E-state index in [4.69, 9.17) is 20.6 Å². The molecule has 1 aromatic carbocycles. The van der Waals surface area contributed by atoms with Crippen LogP contribution in [-0.2, 0) is 0 Å². The fourth-order valence-corrected chi connectivity index (χ4v) is 4.16. The van der Waals surface area contributed by atoms with E-state index in [0.717, 1.165) is 37.0 Å². The lowest BCUT2D eigenvalue weighted by Gasteiger charge is -2.32. The van der Waals surface area contributed by atoms with Gasteiger partial charge in [-0.25, -0.2) is 14.8 Å². The zero-order chi connectivity index (χ0) is 20.6. The Morgan fingerprint density at radius 3 is 2.52 bits per heavy atom. The first kappa shape index (κ1) is 19.2. The summed E-state index contributed by atoms with van der Waals surface area (Å²) in [7, 11) is 0. The predicted molar refractivity (Wildman–Crippen MR) is 110 cm³/mol. The fraction of sp³-hybridized carbons (Fsp3) is 0.429. The number of aliphatic imine (C=N–C) groups is 1. The lowest BCUT2D eigenvalue weighted by Crippen LogP contribution is -2.41. The molecule has 1 aliphatic heterocycles. The number of nitrogens with zero attached hydrogens (tertiary/aromatic N) is 3. The van der Waals surface area contributed by atoms with Crippen molar-refractivity contribution in [3.8, 4) is 5.88 Å². The minimum Gasteiger partial charge on any atom is -0.465 e. The van der Waals surface area contributed by atoms with Gasteiger partial charge in [-0.1, -0.05) is 24.3 Å². The van der Waals surface area contributed by atoms with E-state index in [1.807, 2.05) is 13.8 Å². The van der Waals surface area contributed by atoms with E-state index in [9.17, 15) is 4.79 Å². The summed E-state index contributed by atoms with van der Waals surface area (Å²) in [5.74, 6) is 1.14. The summed E-state index contributed by atoms with van der Waals surface area (Å²) in [5, 5.41) is 11.5. The Hall–Kier alpha value is -3.16. The summed E-state index contributed by atoms with van der Waals surface area (Å²) in [5.41, 5.74) is 8.79. The molecule has 0 bridgehead atoms. The van der Waals surface area contributed by atoms with E-state index in [2.05, 4.69) is 39.6 Å². The van der Waals surface area contributed by atoms with Crippen molar-refractivity contribution < 1.29 is 14.6 Å². The van der Waals surface area contributed by atoms with E-state index >= 15 is 0 Å². The molecule has 1 fully saturated rings. The van der Waals surface area contributed by atoms with Gasteiger partial charge in [-0.05, 0) is 51.0 Å². The number of fused-ring (bicyclic) bond motifs is 1. The Morgan fingerprint density at radius 1 is 1.17 bits per heavy atom. The van der Waals surface area contributed by atoms with Crippen molar-refractivity contribution in [3.63, 3.8) is 0 Å². The number of ether oxygens (including phenoxy) is 1. The lowest BCUT2D eigenvalue weighted by molar-refractivity contribution is 0.171. The number of benzene rings is 1. The fourth-order valence-electron chi connectivity index (χ4n) is 4.16. The van der Waals surface area contributed by atoms with Crippen LogP contribution in [0.1, 0.15) is 56.6 Å². The monoisotopic (exact) mass is 395 g/mol. The van der Waals surface area contributed by atoms with Gasteiger partial charge in [0.1, 0.15) is 11.9 Å². The number of amides is 1. The summed E-state index contributed by atoms with van der Waals surface area (Å²) in [6.07, 6.45) is 4.11. The Balaban J connectivity index is 1.54. The molecule has 1 aromatic heterocycles. The first-order chi connectivity index (χ1) is 13.8. The average Bonchev–Trinajstić information content (AvgIpc) is 2.67. The number of hydrogen-bond donors (Lipinski definition) is 3. The molecule has 2 aliphatic rings. The highest BCUT2D eigenvalue weighted by Gasteiger charge is 2.35. The number of anilines is 1. The Morgan fingerprint density at radius 2 is 1.86 bits per heavy atom. The van der Waals surface area contributed by atoms with Gasteiger partial charge >= 0.3 is 6.09 Å². The molecule has 8 nitrogen and oxygen atoms in total. The van der Waals surface area contributed by atoms with Gasteiger partial charge in [-0.2, -0.15) is 4.98 Å². The van der Waals surface area contributed by atoms with Crippen LogP contribution in [-0.4, -0.2) is 38.5 Å². The molecule has 8 heteroatoms. The maximum Gasteiger partial charge on any atom is 0.404 e. The van der Waals surface area contributed by atoms with Crippen LogP contribution in [0.3, 0.4) is 0 Å². The topological polar surface area (TPSA) is 123 Å². The number of carbonyl (C=O) groups is 1. The number of carboxylic acid groups (broad SMARTS) is 1. The molecule has 2 aromatic rings. The van der Waals surface area contributed by atoms with Crippen molar-refractivity contribution in [1.82, 2.24) is 15.3 Å². The van der Waals surface area contributed by atoms with Crippen molar-refractivity contribution in [2.75, 3.05) is 5.73 Å². The molecular weight excluding hydrogens is 370 g/mol. The van der Waals surface area contributed by atoms with Gasteiger partial charge < -0.3 is 20.9 Å². The van der Waals surface area contributed by atoms with Gasteiger partial charge in [0, 0.05) is 11.6 Å². The zero-order valence-electron chi connectivity index (χ0n) is 16.6. The Labute approximate surface area is 169 Å². The van der Waals surface area contributed by atoms with Crippen molar-refractivity contribution in [1.29, 1.82) is 0 Å². The molecule has 4 rings (SSSR count). The van der Waals surface area contributed by atoms with E-state index in [1.54, 1.807) is 0 Å². The van der Waals surface area contributed by atoms with Crippen LogP contribution in [0.2, 0.25) is 0 Å². The standard InChI is InChI=1S/C21H25N5O3/c1-21(2)17(26-16-18(22)23-11-24-19(16)29-21)14-5-3-12(4-6-14)13-7-9-15(10-8-13)25-20(27)28/h3-6,11,13,15,25H,7-10H2,1-2H3,(H,27,28)(H2,22,23,24)/t13-,15-. The van der Waals surface area contributed by atoms with E-state index < -0.39 is 11.7 Å². The summed E-state index contributed by atoms with van der Waals surface area (Å²) in [6, 6.07) is 8.44. The summed E-state index contributed by atoms with van der Waals surface area (Å²) >= 11 is 0. The maximum absolute atomic E-state index is 10.8. The van der Waals surface area contributed by atoms with Gasteiger partial charge in [0.15, 0.2) is 11.5 Å². The molecule has 1 aliphatic carbocycles. The van der Waals surface area contributed by atoms with Crippen LogP contribution in [0.25, 0.3) is 0 Å². The van der Waals surface area contributed by atoms with Crippen LogP contribution in [0.15, 0.2) is 35.6 Å². The summed E-state index contributed by atoms with van der Waals surface area (Å²) in [6.45, 7) is 3.91. The number of rotatable bonds is 3. The normalized spacial score (nSPS) is 22.8. The third-order valence-corrected chi connectivity index (χ3v) is 5.67. The van der Waals surface area contributed by atoms with Crippen LogP contribution in [0, 0.1) is 0 Å². The maximum atomic E-state index is 10.8. The second kappa shape index (κ2) is 7.35. The molecule has 4 N–H and O–H groups in total. The van der Waals surface area contributed by atoms with Crippen molar-refractivity contribution >= 4 is 23.3 Å². The number of nitrogens with two attached hydrogens (primary N) is 1. The average molecular weight is 395 g/mol. The largest absolute Gasteiger partial charge is 0.465 e. The Kier molecular flexibility index (Phi) is 4.86. The minimum absolute atomic E-state index is 0.0605. The third kappa shape index (κ3) is 3.87. The number of hydrogen-bond acceptors (Lipinski definition) is 6. The summed E-state index contributed by atoms with van der Waals surface area (Å²) in [4.78, 5) is 23.7. The molecule has 0 unspecified atom stereocenters. The molecule has 2 heterocycles. The zero-order valence-corrected chi connectivity index (χ0v) is 16.6. The molecule has 1 saturated carbocycles. The SMILES string of the molecule is CC1(C)Oc2ncnc(N)c2N=C1c1ccc([C@H]2CC[C@H](NC(=O)O)CC2)cc1. The smallest absolute Gasteiger partial charge is 0.404 e. The third-order valence-electron chi connectivity index (χ3n) is 5.67. The van der Waals surface area contributed by atoms with E-state index in [1.165, 1.54) is 11.9 Å². The van der Waals surface area contributed by atoms with Crippen LogP contribution < -0.4 is 15.8 Å². The second-order valence-corrected chi connectivity index (χ2v) is 8.11. The van der Waals surface area contributed by atoms with E-state index in [0.29, 0.717) is 23.3 Å². The van der Waals surface area contributed by atoms with Crippen molar-refractivity contribution in [2.45, 2.75) is 57.1 Å². The highest BCUT2D eigenvalue weighted by molar-refractivity contribution is 6.09. The van der Waals surface area contributed by atoms with Crippen LogP contribution >= 0.6 is 0 Å². The molecule has 0 atom stereocenters. The van der Waals surface area contributed by atoms with Crippen molar-refractivity contribution in [3.05, 3.63) is 41.7 Å². The number of nitrogens with one attached hydrogen (secondary N) is 1. The molecule has 0 saturated heterocycles. The molecule has 0 spiro atoms. The molecule has 29 heavy (non-hydrogen) atoms. The van der Waals surface area contributed by atoms with Crippen LogP contribution in [0.5, 0.6) is 5.88 Å². The van der Waals surface area contributed by atoms with Gasteiger partial charge in [-0.3, -0.25) is 0 Å². The lowest BCUT2D eigenvalue weighted by atomic mass is 9.81. The van der Waals surface area contributed by atoms with Crippen LogP contribution in [0.4, 0.5) is 16.3 Å².